The second kappa shape index (κ2) is 6.98. The van der Waals surface area contributed by atoms with Crippen molar-refractivity contribution in [3.05, 3.63) is 11.6 Å². The number of fused-ring (bicyclic) bond motifs is 5. The van der Waals surface area contributed by atoms with Crippen molar-refractivity contribution in [3.8, 4) is 6.07 Å². The van der Waals surface area contributed by atoms with Gasteiger partial charge in [0.2, 0.25) is 0 Å². The van der Waals surface area contributed by atoms with E-state index in [2.05, 4.69) is 33.8 Å². The number of carbonyl (C=O) groups excluding carboxylic acids is 1. The predicted octanol–water partition coefficient (Wildman–Crippen LogP) is 5.29. The van der Waals surface area contributed by atoms with E-state index >= 15 is 0 Å². The molecule has 0 aromatic carbocycles. The number of aliphatic hydroxyl groups excluding tert-OH is 1. The first-order valence-corrected chi connectivity index (χ1v) is 11.6. The van der Waals surface area contributed by atoms with Gasteiger partial charge in [-0.15, -0.1) is 0 Å². The van der Waals surface area contributed by atoms with Gasteiger partial charge in [0.15, 0.2) is 5.78 Å². The highest BCUT2D eigenvalue weighted by Gasteiger charge is 2.63. The molecule has 154 valence electrons. The second-order valence-corrected chi connectivity index (χ2v) is 10.8. The van der Waals surface area contributed by atoms with Crippen LogP contribution in [0.1, 0.15) is 79.1 Å². The number of nitrogens with zero attached hydrogens (tertiary/aromatic N) is 1. The van der Waals surface area contributed by atoms with Gasteiger partial charge in [0.05, 0.1) is 12.2 Å². The topological polar surface area (TPSA) is 61.1 Å². The molecule has 3 saturated carbocycles. The summed E-state index contributed by atoms with van der Waals surface area (Å²) in [4.78, 5) is 12.2. The summed E-state index contributed by atoms with van der Waals surface area (Å²) >= 11 is 0. The summed E-state index contributed by atoms with van der Waals surface area (Å²) in [7, 11) is 0. The van der Waals surface area contributed by atoms with Crippen LogP contribution in [-0.2, 0) is 4.79 Å². The standard InChI is InChI=1S/C25H37NO2/c1-5-17-21-14-16(27)8-11-25(21,4)20-9-12-24(3)18(15(2)10-13-26)6-7-19(24)22(20)23(17)28/h14-15,17-20,22-23,28H,5-12H2,1-4H3/t15-,17+,18?,19?,20?,22?,23?,24-,25-/m1/s1. The van der Waals surface area contributed by atoms with E-state index in [1.807, 2.05) is 6.08 Å². The lowest BCUT2D eigenvalue weighted by Crippen LogP contribution is -2.58. The van der Waals surface area contributed by atoms with Gasteiger partial charge in [-0.1, -0.05) is 33.3 Å². The lowest BCUT2D eigenvalue weighted by molar-refractivity contribution is -0.136. The molecule has 3 heteroatoms. The van der Waals surface area contributed by atoms with E-state index in [0.717, 1.165) is 19.3 Å². The van der Waals surface area contributed by atoms with Gasteiger partial charge in [-0.05, 0) is 85.0 Å². The lowest BCUT2D eigenvalue weighted by atomic mass is 9.43. The van der Waals surface area contributed by atoms with Crippen LogP contribution in [0.25, 0.3) is 0 Å². The molecule has 0 heterocycles. The number of nitriles is 1. The van der Waals surface area contributed by atoms with Gasteiger partial charge < -0.3 is 5.11 Å². The van der Waals surface area contributed by atoms with Crippen LogP contribution in [0.3, 0.4) is 0 Å². The van der Waals surface area contributed by atoms with E-state index in [1.165, 1.54) is 24.8 Å². The fraction of sp³-hybridized carbons (Fsp3) is 0.840. The smallest absolute Gasteiger partial charge is 0.155 e. The summed E-state index contributed by atoms with van der Waals surface area (Å²) in [6.07, 6.45) is 9.54. The van der Waals surface area contributed by atoms with Crippen molar-refractivity contribution in [2.24, 2.45) is 46.3 Å². The van der Waals surface area contributed by atoms with E-state index in [9.17, 15) is 15.2 Å². The van der Waals surface area contributed by atoms with E-state index in [0.29, 0.717) is 42.4 Å². The monoisotopic (exact) mass is 383 g/mol. The Bertz CT molecular complexity index is 721. The first-order chi connectivity index (χ1) is 13.3. The molecule has 0 aromatic rings. The zero-order valence-corrected chi connectivity index (χ0v) is 18.1. The molecule has 0 amide bonds. The molecular formula is C25H37NO2. The van der Waals surface area contributed by atoms with Crippen LogP contribution in [0.4, 0.5) is 0 Å². The highest BCUT2D eigenvalue weighted by atomic mass is 16.3. The highest BCUT2D eigenvalue weighted by Crippen LogP contribution is 2.68. The molecule has 1 N–H and O–H groups in total. The summed E-state index contributed by atoms with van der Waals surface area (Å²) < 4.78 is 0. The van der Waals surface area contributed by atoms with Crippen LogP contribution in [0.5, 0.6) is 0 Å². The number of hydrogen-bond donors (Lipinski definition) is 1. The summed E-state index contributed by atoms with van der Waals surface area (Å²) in [6.45, 7) is 9.29. The second-order valence-electron chi connectivity index (χ2n) is 10.8. The average molecular weight is 384 g/mol. The Morgan fingerprint density at radius 1 is 1.25 bits per heavy atom. The van der Waals surface area contributed by atoms with Crippen LogP contribution in [-0.4, -0.2) is 17.0 Å². The van der Waals surface area contributed by atoms with Crippen molar-refractivity contribution in [2.45, 2.75) is 85.2 Å². The number of rotatable bonds is 3. The minimum Gasteiger partial charge on any atom is -0.392 e. The van der Waals surface area contributed by atoms with Crippen molar-refractivity contribution in [3.63, 3.8) is 0 Å². The maximum absolute atomic E-state index is 12.2. The van der Waals surface area contributed by atoms with E-state index in [1.54, 1.807) is 0 Å². The maximum Gasteiger partial charge on any atom is 0.155 e. The Morgan fingerprint density at radius 3 is 2.68 bits per heavy atom. The van der Waals surface area contributed by atoms with Crippen LogP contribution in [0.15, 0.2) is 11.6 Å². The third-order valence-electron chi connectivity index (χ3n) is 9.84. The molecule has 4 aliphatic carbocycles. The molecule has 0 aromatic heterocycles. The van der Waals surface area contributed by atoms with Crippen LogP contribution < -0.4 is 0 Å². The van der Waals surface area contributed by atoms with Gasteiger partial charge in [0.25, 0.3) is 0 Å². The SMILES string of the molecule is CC[C@H]1C2=CC(=O)CC[C@]2(C)C2CC[C@@]3(C)C(CCC3[C@H](C)CC#N)C2C1O. The molecule has 28 heavy (non-hydrogen) atoms. The molecule has 0 aliphatic heterocycles. The number of carbonyl (C=O) groups is 1. The van der Waals surface area contributed by atoms with E-state index in [4.69, 9.17) is 0 Å². The molecule has 0 radical (unpaired) electrons. The lowest BCUT2D eigenvalue weighted by Gasteiger charge is -2.61. The molecule has 0 saturated heterocycles. The van der Waals surface area contributed by atoms with Crippen LogP contribution in [0, 0.1) is 57.7 Å². The van der Waals surface area contributed by atoms with Crippen LogP contribution >= 0.6 is 0 Å². The van der Waals surface area contributed by atoms with Gasteiger partial charge in [-0.25, -0.2) is 0 Å². The summed E-state index contributed by atoms with van der Waals surface area (Å²) in [5, 5.41) is 20.8. The van der Waals surface area contributed by atoms with Crippen molar-refractivity contribution >= 4 is 5.78 Å². The maximum atomic E-state index is 12.2. The van der Waals surface area contributed by atoms with Crippen molar-refractivity contribution in [1.29, 1.82) is 5.26 Å². The minimum atomic E-state index is -0.324. The van der Waals surface area contributed by atoms with Crippen LogP contribution in [0.2, 0.25) is 0 Å². The van der Waals surface area contributed by atoms with Crippen molar-refractivity contribution in [2.75, 3.05) is 0 Å². The third kappa shape index (κ3) is 2.67. The zero-order valence-electron chi connectivity index (χ0n) is 18.1. The molecule has 3 fully saturated rings. The van der Waals surface area contributed by atoms with E-state index < -0.39 is 0 Å². The van der Waals surface area contributed by atoms with Gasteiger partial charge >= 0.3 is 0 Å². The molecule has 9 atom stereocenters. The fourth-order valence-electron chi connectivity index (χ4n) is 8.46. The summed E-state index contributed by atoms with van der Waals surface area (Å²) in [5.74, 6) is 2.82. The Balaban J connectivity index is 1.72. The molecule has 3 nitrogen and oxygen atoms in total. The Kier molecular flexibility index (Phi) is 5.02. The van der Waals surface area contributed by atoms with E-state index in [-0.39, 0.29) is 28.6 Å². The Hall–Kier alpha value is -1.14. The Morgan fingerprint density at radius 2 is 2.00 bits per heavy atom. The summed E-state index contributed by atoms with van der Waals surface area (Å²) in [6, 6.07) is 2.40. The fourth-order valence-corrected chi connectivity index (χ4v) is 8.46. The van der Waals surface area contributed by atoms with Crippen molar-refractivity contribution < 1.29 is 9.90 Å². The summed E-state index contributed by atoms with van der Waals surface area (Å²) in [5.41, 5.74) is 1.59. The molecular weight excluding hydrogens is 346 g/mol. The third-order valence-corrected chi connectivity index (χ3v) is 9.84. The minimum absolute atomic E-state index is 0.0795. The zero-order chi connectivity index (χ0) is 20.3. The Labute approximate surface area is 170 Å². The molecule has 0 bridgehead atoms. The largest absolute Gasteiger partial charge is 0.392 e. The molecule has 4 rings (SSSR count). The quantitative estimate of drug-likeness (QED) is 0.720. The first-order valence-electron chi connectivity index (χ1n) is 11.6. The van der Waals surface area contributed by atoms with Crippen molar-refractivity contribution in [1.82, 2.24) is 0 Å². The number of hydrogen-bond acceptors (Lipinski definition) is 3. The predicted molar refractivity (Wildman–Crippen MR) is 110 cm³/mol. The van der Waals surface area contributed by atoms with Gasteiger partial charge in [-0.2, -0.15) is 5.26 Å². The first kappa shape index (κ1) is 20.1. The normalized spacial score (nSPS) is 48.7. The molecule has 0 spiro atoms. The number of ketones is 1. The average Bonchev–Trinajstić information content (AvgIpc) is 3.01. The highest BCUT2D eigenvalue weighted by molar-refractivity contribution is 5.91. The van der Waals surface area contributed by atoms with Gasteiger partial charge in [0, 0.05) is 18.8 Å². The molecule has 5 unspecified atom stereocenters. The van der Waals surface area contributed by atoms with Gasteiger partial charge in [-0.3, -0.25) is 4.79 Å². The molecule has 4 aliphatic rings. The number of aliphatic hydroxyl groups is 1. The van der Waals surface area contributed by atoms with Gasteiger partial charge in [0.1, 0.15) is 0 Å².